The quantitative estimate of drug-likeness (QED) is 0.828. The fourth-order valence-electron chi connectivity index (χ4n) is 4.49. The summed E-state index contributed by atoms with van der Waals surface area (Å²) in [6, 6.07) is 6.11. The summed E-state index contributed by atoms with van der Waals surface area (Å²) >= 11 is 0. The fourth-order valence-corrected chi connectivity index (χ4v) is 4.49. The summed E-state index contributed by atoms with van der Waals surface area (Å²) in [5.41, 5.74) is 0. The van der Waals surface area contributed by atoms with Crippen molar-refractivity contribution in [2.45, 2.75) is 38.3 Å². The molecule has 138 valence electrons. The number of carbonyl (C=O) groups is 1. The van der Waals surface area contributed by atoms with Crippen molar-refractivity contribution < 1.29 is 9.21 Å². The fraction of sp³-hybridized carbons (Fsp3) is 0.600. The zero-order valence-electron chi connectivity index (χ0n) is 15.1. The van der Waals surface area contributed by atoms with Gasteiger partial charge < -0.3 is 9.32 Å². The van der Waals surface area contributed by atoms with E-state index in [1.165, 1.54) is 32.2 Å². The minimum Gasteiger partial charge on any atom is -0.454 e. The van der Waals surface area contributed by atoms with Crippen LogP contribution in [0.4, 0.5) is 0 Å². The molecule has 5 heterocycles. The monoisotopic (exact) mass is 354 g/mol. The Bertz CT molecular complexity index is 765. The van der Waals surface area contributed by atoms with Gasteiger partial charge >= 0.3 is 0 Å². The van der Waals surface area contributed by atoms with Gasteiger partial charge in [0, 0.05) is 44.6 Å². The van der Waals surface area contributed by atoms with Crippen LogP contribution in [0.15, 0.2) is 35.0 Å². The second-order valence-corrected chi connectivity index (χ2v) is 8.17. The lowest BCUT2D eigenvalue weighted by molar-refractivity contribution is 0.0703. The number of piperidine rings is 1. The lowest BCUT2D eigenvalue weighted by atomic mass is 9.95. The highest BCUT2D eigenvalue weighted by molar-refractivity contribution is 5.91. The van der Waals surface area contributed by atoms with Gasteiger partial charge in [-0.15, -0.1) is 0 Å². The number of rotatable bonds is 5. The molecule has 0 unspecified atom stereocenters. The summed E-state index contributed by atoms with van der Waals surface area (Å²) in [6.07, 6.45) is 8.90. The molecule has 6 rings (SSSR count). The molecule has 6 heteroatoms. The maximum atomic E-state index is 13.0. The van der Waals surface area contributed by atoms with E-state index in [2.05, 4.69) is 10.00 Å². The molecule has 4 aliphatic rings. The van der Waals surface area contributed by atoms with Crippen LogP contribution in [0.1, 0.15) is 42.0 Å². The SMILES string of the molecule is O=C(c1ccc(Cn2cccn2)o1)N1C[C@H]2CC[C@@H](C1)N(CC1CC1)C2. The van der Waals surface area contributed by atoms with E-state index in [9.17, 15) is 4.79 Å². The van der Waals surface area contributed by atoms with Gasteiger partial charge in [-0.1, -0.05) is 0 Å². The van der Waals surface area contributed by atoms with Gasteiger partial charge in [0.05, 0.1) is 6.54 Å². The highest BCUT2D eigenvalue weighted by Crippen LogP contribution is 2.35. The summed E-state index contributed by atoms with van der Waals surface area (Å²) < 4.78 is 7.64. The van der Waals surface area contributed by atoms with Crippen molar-refractivity contribution in [2.75, 3.05) is 26.2 Å². The summed E-state index contributed by atoms with van der Waals surface area (Å²) in [6.45, 7) is 4.66. The predicted octanol–water partition coefficient (Wildman–Crippen LogP) is 2.47. The molecule has 1 amide bonds. The molecule has 3 saturated heterocycles. The molecule has 0 N–H and O–H groups in total. The summed E-state index contributed by atoms with van der Waals surface area (Å²) in [5.74, 6) is 2.79. The highest BCUT2D eigenvalue weighted by atomic mass is 16.4. The van der Waals surface area contributed by atoms with Crippen molar-refractivity contribution >= 4 is 5.91 Å². The van der Waals surface area contributed by atoms with Crippen LogP contribution in [0.3, 0.4) is 0 Å². The molecule has 0 radical (unpaired) electrons. The number of hydrogen-bond donors (Lipinski definition) is 0. The van der Waals surface area contributed by atoms with Gasteiger partial charge in [0.1, 0.15) is 5.76 Å². The molecule has 2 aromatic heterocycles. The first-order chi connectivity index (χ1) is 12.7. The van der Waals surface area contributed by atoms with Crippen LogP contribution >= 0.6 is 0 Å². The van der Waals surface area contributed by atoms with Gasteiger partial charge in [0.15, 0.2) is 5.76 Å². The molecule has 0 spiro atoms. The van der Waals surface area contributed by atoms with Gasteiger partial charge in [-0.2, -0.15) is 5.10 Å². The van der Waals surface area contributed by atoms with E-state index in [1.807, 2.05) is 29.3 Å². The Labute approximate surface area is 153 Å². The maximum absolute atomic E-state index is 13.0. The molecule has 2 aromatic rings. The van der Waals surface area contributed by atoms with Gasteiger partial charge in [0.2, 0.25) is 0 Å². The van der Waals surface area contributed by atoms with Crippen LogP contribution in [0.5, 0.6) is 0 Å². The van der Waals surface area contributed by atoms with E-state index < -0.39 is 0 Å². The lowest BCUT2D eigenvalue weighted by Gasteiger charge is -2.36. The van der Waals surface area contributed by atoms with Crippen LogP contribution in [-0.2, 0) is 6.54 Å². The summed E-state index contributed by atoms with van der Waals surface area (Å²) in [5, 5.41) is 4.19. The normalized spacial score (nSPS) is 26.2. The van der Waals surface area contributed by atoms with Crippen molar-refractivity contribution in [3.05, 3.63) is 42.1 Å². The molecule has 1 aliphatic carbocycles. The average molecular weight is 354 g/mol. The van der Waals surface area contributed by atoms with Gasteiger partial charge in [-0.25, -0.2) is 0 Å². The third kappa shape index (κ3) is 3.30. The second kappa shape index (κ2) is 6.58. The van der Waals surface area contributed by atoms with Crippen molar-refractivity contribution in [3.63, 3.8) is 0 Å². The molecule has 6 nitrogen and oxygen atoms in total. The standard InChI is InChI=1S/C20H26N4O2/c25-20(19-7-6-18(26-19)14-24-9-1-8-21-24)23-12-16-4-5-17(13-23)22(11-16)10-15-2-3-15/h1,6-9,15-17H,2-5,10-14H2/t16-,17-/m0/s1. The molecule has 26 heavy (non-hydrogen) atoms. The van der Waals surface area contributed by atoms with E-state index in [-0.39, 0.29) is 5.91 Å². The number of fused-ring (bicyclic) bond motifs is 4. The first-order valence-electron chi connectivity index (χ1n) is 9.84. The first kappa shape index (κ1) is 16.1. The van der Waals surface area contributed by atoms with Crippen LogP contribution < -0.4 is 0 Å². The zero-order chi connectivity index (χ0) is 17.5. The first-order valence-corrected chi connectivity index (χ1v) is 9.84. The molecule has 4 fully saturated rings. The Kier molecular flexibility index (Phi) is 4.08. The minimum absolute atomic E-state index is 0.0434. The maximum Gasteiger partial charge on any atom is 0.289 e. The Hall–Kier alpha value is -2.08. The number of carbonyl (C=O) groups excluding carboxylic acids is 1. The topological polar surface area (TPSA) is 54.5 Å². The summed E-state index contributed by atoms with van der Waals surface area (Å²) in [4.78, 5) is 17.7. The van der Waals surface area contributed by atoms with E-state index >= 15 is 0 Å². The average Bonchev–Trinajstić information content (AvgIpc) is 3.22. The summed E-state index contributed by atoms with van der Waals surface area (Å²) in [7, 11) is 0. The molecule has 2 bridgehead atoms. The molecule has 3 aliphatic heterocycles. The van der Waals surface area contributed by atoms with Crippen LogP contribution in [0, 0.1) is 11.8 Å². The van der Waals surface area contributed by atoms with Crippen LogP contribution in [0.2, 0.25) is 0 Å². The van der Waals surface area contributed by atoms with Gasteiger partial charge in [-0.05, 0) is 55.7 Å². The molecule has 0 aromatic carbocycles. The molecular formula is C20H26N4O2. The highest BCUT2D eigenvalue weighted by Gasteiger charge is 2.39. The van der Waals surface area contributed by atoms with Crippen LogP contribution in [-0.4, -0.2) is 57.7 Å². The Balaban J connectivity index is 1.27. The number of aromatic nitrogens is 2. The van der Waals surface area contributed by atoms with Gasteiger partial charge in [-0.3, -0.25) is 14.4 Å². The Morgan fingerprint density at radius 1 is 1.15 bits per heavy atom. The zero-order valence-corrected chi connectivity index (χ0v) is 15.1. The van der Waals surface area contributed by atoms with E-state index in [0.717, 1.165) is 31.3 Å². The van der Waals surface area contributed by atoms with Crippen molar-refractivity contribution in [1.29, 1.82) is 0 Å². The van der Waals surface area contributed by atoms with Crippen molar-refractivity contribution in [2.24, 2.45) is 11.8 Å². The largest absolute Gasteiger partial charge is 0.454 e. The second-order valence-electron chi connectivity index (χ2n) is 8.17. The smallest absolute Gasteiger partial charge is 0.289 e. The van der Waals surface area contributed by atoms with Crippen molar-refractivity contribution in [3.8, 4) is 0 Å². The number of nitrogens with zero attached hydrogens (tertiary/aromatic N) is 4. The van der Waals surface area contributed by atoms with E-state index in [1.54, 1.807) is 10.9 Å². The van der Waals surface area contributed by atoms with E-state index in [4.69, 9.17) is 4.42 Å². The Morgan fingerprint density at radius 3 is 2.88 bits per heavy atom. The third-order valence-corrected chi connectivity index (χ3v) is 6.05. The van der Waals surface area contributed by atoms with Gasteiger partial charge in [0.25, 0.3) is 5.91 Å². The minimum atomic E-state index is 0.0434. The number of furan rings is 1. The number of amides is 1. The lowest BCUT2D eigenvalue weighted by Crippen LogP contribution is -2.45. The molecular weight excluding hydrogens is 328 g/mol. The van der Waals surface area contributed by atoms with Crippen LogP contribution in [0.25, 0.3) is 0 Å². The molecule has 2 atom stereocenters. The van der Waals surface area contributed by atoms with Crippen molar-refractivity contribution in [1.82, 2.24) is 19.6 Å². The Morgan fingerprint density at radius 2 is 2.08 bits per heavy atom. The number of hydrogen-bond acceptors (Lipinski definition) is 4. The third-order valence-electron chi connectivity index (χ3n) is 6.05. The van der Waals surface area contributed by atoms with E-state index in [0.29, 0.717) is 24.3 Å². The molecule has 1 saturated carbocycles. The predicted molar refractivity (Wildman–Crippen MR) is 96.7 cm³/mol.